The summed E-state index contributed by atoms with van der Waals surface area (Å²) >= 11 is 0. The summed E-state index contributed by atoms with van der Waals surface area (Å²) in [5.74, 6) is -1.71. The minimum absolute atomic E-state index is 0.303. The van der Waals surface area contributed by atoms with E-state index in [-0.39, 0.29) is 11.8 Å². The smallest absolute Gasteiger partial charge is 0.265 e. The van der Waals surface area contributed by atoms with Crippen LogP contribution in [0.5, 0.6) is 0 Å². The van der Waals surface area contributed by atoms with Crippen molar-refractivity contribution in [3.05, 3.63) is 166 Å². The zero-order valence-corrected chi connectivity index (χ0v) is 39.7. The summed E-state index contributed by atoms with van der Waals surface area (Å²) in [7, 11) is 0. The lowest BCUT2D eigenvalue weighted by Gasteiger charge is -2.39. The van der Waals surface area contributed by atoms with Crippen LogP contribution in [0.2, 0.25) is 0 Å². The molecule has 0 unspecified atom stereocenters. The van der Waals surface area contributed by atoms with Gasteiger partial charge < -0.3 is 4.90 Å². The van der Waals surface area contributed by atoms with Gasteiger partial charge in [-0.15, -0.1) is 0 Å². The van der Waals surface area contributed by atoms with Crippen LogP contribution >= 0.6 is 0 Å². The first kappa shape index (κ1) is 42.9. The molecule has 7 heteroatoms. The summed E-state index contributed by atoms with van der Waals surface area (Å²) in [4.78, 5) is 61.3. The van der Waals surface area contributed by atoms with Gasteiger partial charge >= 0.3 is 0 Å². The Hall–Kier alpha value is -7.38. The van der Waals surface area contributed by atoms with Gasteiger partial charge in [-0.2, -0.15) is 0 Å². The van der Waals surface area contributed by atoms with Gasteiger partial charge in [0.05, 0.1) is 5.69 Å². The molecule has 0 N–H and O–H groups in total. The highest BCUT2D eigenvalue weighted by molar-refractivity contribution is 6.39. The first-order chi connectivity index (χ1) is 33.7. The van der Waals surface area contributed by atoms with Crippen molar-refractivity contribution in [3.8, 4) is 33.4 Å². The fourth-order valence-electron chi connectivity index (χ4n) is 12.5. The van der Waals surface area contributed by atoms with Crippen molar-refractivity contribution >= 4 is 67.3 Å². The van der Waals surface area contributed by atoms with Gasteiger partial charge in [0.25, 0.3) is 23.6 Å². The molecule has 0 spiro atoms. The van der Waals surface area contributed by atoms with Crippen molar-refractivity contribution in [3.63, 3.8) is 0 Å². The van der Waals surface area contributed by atoms with Crippen LogP contribution in [-0.2, 0) is 12.8 Å². The van der Waals surface area contributed by atoms with Gasteiger partial charge in [0.15, 0.2) is 0 Å². The Kier molecular flexibility index (Phi) is 10.6. The number of anilines is 2. The topological polar surface area (TPSA) is 78.0 Å². The van der Waals surface area contributed by atoms with Crippen molar-refractivity contribution in [2.45, 2.75) is 85.0 Å². The van der Waals surface area contributed by atoms with E-state index in [2.05, 4.69) is 98.5 Å². The van der Waals surface area contributed by atoms with Crippen LogP contribution < -0.4 is 9.80 Å². The van der Waals surface area contributed by atoms with Crippen LogP contribution in [0.3, 0.4) is 0 Å². The maximum absolute atomic E-state index is 14.3. The number of imide groups is 2. The minimum Gasteiger partial charge on any atom is -0.371 e. The molecule has 8 aromatic carbocycles. The Labute approximate surface area is 403 Å². The average Bonchev–Trinajstić information content (AvgIpc) is 3.38. The van der Waals surface area contributed by atoms with Crippen LogP contribution in [-0.4, -0.2) is 48.2 Å². The van der Waals surface area contributed by atoms with E-state index >= 15 is 0 Å². The first-order valence-corrected chi connectivity index (χ1v) is 25.1. The van der Waals surface area contributed by atoms with Gasteiger partial charge in [0.2, 0.25) is 0 Å². The summed E-state index contributed by atoms with van der Waals surface area (Å²) in [5, 5.41) is 5.79. The number of unbranched alkanes of at least 4 members (excludes halogenated alkanes) is 5. The van der Waals surface area contributed by atoms with E-state index in [1.165, 1.54) is 84.1 Å². The summed E-state index contributed by atoms with van der Waals surface area (Å²) in [6.45, 7) is 9.57. The normalized spacial score (nSPS) is 15.3. The molecule has 342 valence electrons. The third kappa shape index (κ3) is 6.68. The molecule has 0 radical (unpaired) electrons. The third-order valence-electron chi connectivity index (χ3n) is 15.8. The third-order valence-corrected chi connectivity index (χ3v) is 15.8. The lowest BCUT2D eigenvalue weighted by molar-refractivity contribution is 0.0606. The summed E-state index contributed by atoms with van der Waals surface area (Å²) < 4.78 is 0. The van der Waals surface area contributed by atoms with Gasteiger partial charge in [-0.1, -0.05) is 124 Å². The van der Waals surface area contributed by atoms with Crippen LogP contribution in [0, 0.1) is 13.8 Å². The second kappa shape index (κ2) is 17.0. The minimum atomic E-state index is -0.480. The van der Waals surface area contributed by atoms with Gasteiger partial charge in [0, 0.05) is 58.3 Å². The Morgan fingerprint density at radius 1 is 0.449 bits per heavy atom. The highest BCUT2D eigenvalue weighted by atomic mass is 16.2. The average molecular weight is 906 g/mol. The summed E-state index contributed by atoms with van der Waals surface area (Å²) in [5.41, 5.74) is 16.3. The predicted octanol–water partition coefficient (Wildman–Crippen LogP) is 14.2. The molecule has 4 aliphatic heterocycles. The van der Waals surface area contributed by atoms with E-state index in [4.69, 9.17) is 0 Å². The molecule has 7 nitrogen and oxygen atoms in total. The van der Waals surface area contributed by atoms with Crippen molar-refractivity contribution in [2.24, 2.45) is 0 Å². The maximum atomic E-state index is 14.3. The molecule has 0 saturated heterocycles. The van der Waals surface area contributed by atoms with E-state index < -0.39 is 11.8 Å². The quantitative estimate of drug-likeness (QED) is 0.0734. The number of benzene rings is 8. The molecular weight excluding hydrogens is 851 g/mol. The Morgan fingerprint density at radius 2 is 0.884 bits per heavy atom. The molecule has 69 heavy (non-hydrogen) atoms. The van der Waals surface area contributed by atoms with Crippen LogP contribution in [0.4, 0.5) is 11.4 Å². The predicted molar refractivity (Wildman–Crippen MR) is 280 cm³/mol. The summed E-state index contributed by atoms with van der Waals surface area (Å²) in [6.07, 6.45) is 10.9. The molecule has 0 saturated carbocycles. The fourth-order valence-corrected chi connectivity index (χ4v) is 12.5. The number of rotatable bonds is 11. The van der Waals surface area contributed by atoms with E-state index in [0.717, 1.165) is 74.7 Å². The molecular formula is C62H55N3O4. The molecule has 4 heterocycles. The Morgan fingerprint density at radius 3 is 1.39 bits per heavy atom. The maximum Gasteiger partial charge on any atom is 0.265 e. The lowest BCUT2D eigenvalue weighted by Crippen LogP contribution is -2.43. The second-order valence-electron chi connectivity index (χ2n) is 19.6. The monoisotopic (exact) mass is 905 g/mol. The van der Waals surface area contributed by atoms with E-state index in [1.54, 1.807) is 35.4 Å². The number of fused-ring (bicyclic) bond motifs is 2. The van der Waals surface area contributed by atoms with E-state index in [1.807, 2.05) is 24.3 Å². The van der Waals surface area contributed by atoms with E-state index in [0.29, 0.717) is 45.3 Å². The van der Waals surface area contributed by atoms with Crippen molar-refractivity contribution in [1.82, 2.24) is 4.90 Å². The molecule has 4 aliphatic rings. The van der Waals surface area contributed by atoms with Gasteiger partial charge in [-0.05, 0) is 160 Å². The molecule has 8 aromatic rings. The molecule has 4 amide bonds. The second-order valence-corrected chi connectivity index (χ2v) is 19.6. The number of amides is 4. The van der Waals surface area contributed by atoms with Gasteiger partial charge in [0.1, 0.15) is 0 Å². The molecule has 12 rings (SSSR count). The van der Waals surface area contributed by atoms with Crippen LogP contribution in [0.15, 0.2) is 121 Å². The first-order valence-electron chi connectivity index (χ1n) is 25.1. The zero-order chi connectivity index (χ0) is 47.1. The SMILES string of the molecule is CCCCCCCCN1C(=O)c2ccc3c4c(ccc(c24)C1=O)C(=O)N(c1ccc(-c2ccc(-c4c5ccccc5c(-c5c(C)c6c7c(c5C)CCCN7CCC6)c5ccccc45)cc2)cc1)C3=O. The van der Waals surface area contributed by atoms with Gasteiger partial charge in [-0.3, -0.25) is 24.1 Å². The van der Waals surface area contributed by atoms with Crippen molar-refractivity contribution < 1.29 is 19.2 Å². The summed E-state index contributed by atoms with van der Waals surface area (Å²) in [6, 6.07) is 40.7. The van der Waals surface area contributed by atoms with Crippen LogP contribution in [0.1, 0.15) is 122 Å². The molecule has 0 aromatic heterocycles. The van der Waals surface area contributed by atoms with Gasteiger partial charge in [-0.25, -0.2) is 4.90 Å². The largest absolute Gasteiger partial charge is 0.371 e. The molecule has 0 atom stereocenters. The molecule has 0 bridgehead atoms. The highest BCUT2D eigenvalue weighted by Crippen LogP contribution is 2.50. The zero-order valence-electron chi connectivity index (χ0n) is 39.7. The number of hydrogen-bond donors (Lipinski definition) is 0. The van der Waals surface area contributed by atoms with Crippen LogP contribution in [0.25, 0.3) is 65.7 Å². The van der Waals surface area contributed by atoms with Crippen molar-refractivity contribution in [2.75, 3.05) is 29.4 Å². The number of carbonyl (C=O) groups excluding carboxylic acids is 4. The lowest BCUT2D eigenvalue weighted by atomic mass is 9.78. The highest BCUT2D eigenvalue weighted by Gasteiger charge is 2.40. The Bertz CT molecular complexity index is 3330. The number of carbonyl (C=O) groups is 4. The molecule has 0 fully saturated rings. The van der Waals surface area contributed by atoms with Crippen molar-refractivity contribution in [1.29, 1.82) is 0 Å². The van der Waals surface area contributed by atoms with E-state index in [9.17, 15) is 19.2 Å². The fraction of sp³-hybridized carbons (Fsp3) is 0.258. The molecule has 0 aliphatic carbocycles. The number of hydrogen-bond acceptors (Lipinski definition) is 5. The standard InChI is InChI=1S/C62H55N3O4/c1-4-5-6-7-8-13-36-64-59(66)49-30-32-51-57-52(33-31-50(56(49)57)60(64)67)62(69)65(61(51)68)42-28-26-40(27-29-42)39-22-24-41(25-23-39)54-45-16-9-11-18-47(45)55(48-19-12-10-17-46(48)54)53-37(2)43-20-14-34-63-35-15-21-44(38(53)3)58(43)63/h9-12,16-19,22-33H,4-8,13-15,20-21,34-36H2,1-3H3. The number of nitrogens with zero attached hydrogens (tertiary/aromatic N) is 3. The Balaban J connectivity index is 0.848.